The molecule has 33 heavy (non-hydrogen) atoms. The summed E-state index contributed by atoms with van der Waals surface area (Å²) in [7, 11) is 0. The van der Waals surface area contributed by atoms with Crippen molar-refractivity contribution in [3.8, 4) is 5.75 Å². The maximum absolute atomic E-state index is 12.8. The Hall–Kier alpha value is -3.31. The van der Waals surface area contributed by atoms with Crippen LogP contribution in [-0.2, 0) is 13.0 Å². The van der Waals surface area contributed by atoms with Gasteiger partial charge in [-0.3, -0.25) is 9.59 Å². The quantitative estimate of drug-likeness (QED) is 0.565. The van der Waals surface area contributed by atoms with E-state index < -0.39 is 0 Å². The van der Waals surface area contributed by atoms with E-state index in [4.69, 9.17) is 16.3 Å². The largest absolute Gasteiger partial charge is 0.493 e. The third kappa shape index (κ3) is 6.36. The molecule has 170 valence electrons. The fourth-order valence-corrected chi connectivity index (χ4v) is 3.94. The van der Waals surface area contributed by atoms with Crippen LogP contribution in [0.15, 0.2) is 66.7 Å². The normalized spacial score (nSPS) is 14.3. The average Bonchev–Trinajstić information content (AvgIpc) is 2.83. The van der Waals surface area contributed by atoms with Crippen LogP contribution in [-0.4, -0.2) is 25.0 Å². The van der Waals surface area contributed by atoms with Crippen molar-refractivity contribution < 1.29 is 14.3 Å². The van der Waals surface area contributed by atoms with Crippen molar-refractivity contribution in [2.24, 2.45) is 0 Å². The molecule has 0 fully saturated rings. The van der Waals surface area contributed by atoms with Gasteiger partial charge in [0.2, 0.25) is 0 Å². The van der Waals surface area contributed by atoms with Crippen LogP contribution in [0.25, 0.3) is 0 Å². The summed E-state index contributed by atoms with van der Waals surface area (Å²) < 4.78 is 6.07. The predicted octanol–water partition coefficient (Wildman–Crippen LogP) is 5.15. The Morgan fingerprint density at radius 3 is 2.70 bits per heavy atom. The molecule has 0 aliphatic carbocycles. The van der Waals surface area contributed by atoms with Crippen LogP contribution in [0.1, 0.15) is 56.7 Å². The lowest BCUT2D eigenvalue weighted by molar-refractivity contribution is 0.0944. The van der Waals surface area contributed by atoms with Crippen LogP contribution >= 0.6 is 11.6 Å². The second-order valence-corrected chi connectivity index (χ2v) is 8.61. The molecule has 0 radical (unpaired) electrons. The topological polar surface area (TPSA) is 67.4 Å². The molecule has 2 bridgehead atoms. The van der Waals surface area contributed by atoms with Crippen molar-refractivity contribution in [2.45, 2.75) is 32.2 Å². The van der Waals surface area contributed by atoms with Gasteiger partial charge in [-0.25, -0.2) is 0 Å². The molecule has 0 aromatic heterocycles. The van der Waals surface area contributed by atoms with E-state index in [9.17, 15) is 9.59 Å². The van der Waals surface area contributed by atoms with Gasteiger partial charge < -0.3 is 15.4 Å². The van der Waals surface area contributed by atoms with Crippen molar-refractivity contribution in [3.63, 3.8) is 0 Å². The summed E-state index contributed by atoms with van der Waals surface area (Å²) in [6, 6.07) is 20.5. The summed E-state index contributed by atoms with van der Waals surface area (Å²) in [5.74, 6) is 0.567. The van der Waals surface area contributed by atoms with Crippen LogP contribution in [0.3, 0.4) is 0 Å². The van der Waals surface area contributed by atoms with Crippen LogP contribution in [0.2, 0.25) is 5.02 Å². The number of amides is 2. The van der Waals surface area contributed by atoms with Gasteiger partial charge in [0.05, 0.1) is 6.61 Å². The highest BCUT2D eigenvalue weighted by molar-refractivity contribution is 6.30. The molecule has 3 aromatic rings. The number of rotatable bonds is 3. The molecular weight excluding hydrogens is 436 g/mol. The van der Waals surface area contributed by atoms with Crippen molar-refractivity contribution in [3.05, 3.63) is 99.6 Å². The van der Waals surface area contributed by atoms with E-state index in [1.54, 1.807) is 18.2 Å². The first-order chi connectivity index (χ1) is 16.1. The van der Waals surface area contributed by atoms with Crippen molar-refractivity contribution in [2.75, 3.05) is 13.2 Å². The number of benzene rings is 3. The van der Waals surface area contributed by atoms with Crippen molar-refractivity contribution >= 4 is 23.4 Å². The van der Waals surface area contributed by atoms with Crippen LogP contribution in [0, 0.1) is 0 Å². The third-order valence-electron chi connectivity index (χ3n) is 5.64. The summed E-state index contributed by atoms with van der Waals surface area (Å²) in [5, 5.41) is 6.60. The van der Waals surface area contributed by atoms with Crippen LogP contribution in [0.4, 0.5) is 0 Å². The second-order valence-electron chi connectivity index (χ2n) is 8.17. The Balaban J connectivity index is 1.55. The molecule has 0 saturated heterocycles. The maximum Gasteiger partial charge on any atom is 0.251 e. The smallest absolute Gasteiger partial charge is 0.251 e. The van der Waals surface area contributed by atoms with Gasteiger partial charge in [0.25, 0.3) is 11.8 Å². The summed E-state index contributed by atoms with van der Waals surface area (Å²) in [6.07, 6.45) is 3.36. The minimum absolute atomic E-state index is 0.0549. The van der Waals surface area contributed by atoms with E-state index in [1.807, 2.05) is 48.5 Å². The monoisotopic (exact) mass is 462 g/mol. The lowest BCUT2D eigenvalue weighted by Crippen LogP contribution is -2.24. The minimum atomic E-state index is -0.153. The van der Waals surface area contributed by atoms with Gasteiger partial charge in [-0.2, -0.15) is 0 Å². The van der Waals surface area contributed by atoms with E-state index in [1.165, 1.54) is 0 Å². The van der Waals surface area contributed by atoms with E-state index >= 15 is 0 Å². The molecule has 0 unspecified atom stereocenters. The van der Waals surface area contributed by atoms with Crippen molar-refractivity contribution in [1.82, 2.24) is 10.6 Å². The molecular formula is C27H27ClN2O3. The SMILES string of the molecule is O=C1NCCCCCOc2ccc(C(=O)NCc3ccc(Cl)cc3)cc2Cc2cccc1c2. The number of nitrogens with one attached hydrogen (secondary N) is 2. The Morgan fingerprint density at radius 2 is 1.85 bits per heavy atom. The second kappa shape index (κ2) is 11.0. The van der Waals surface area contributed by atoms with Gasteiger partial charge in [-0.05, 0) is 78.4 Å². The summed E-state index contributed by atoms with van der Waals surface area (Å²) in [4.78, 5) is 25.3. The Bertz CT molecular complexity index is 1130. The van der Waals surface area contributed by atoms with E-state index in [0.717, 1.165) is 41.7 Å². The van der Waals surface area contributed by atoms with Gasteiger partial charge in [0.1, 0.15) is 5.75 Å². The number of fused-ring (bicyclic) bond motifs is 3. The zero-order valence-corrected chi connectivity index (χ0v) is 19.2. The molecule has 0 spiro atoms. The summed E-state index contributed by atoms with van der Waals surface area (Å²) in [6.45, 7) is 1.68. The Kier molecular flexibility index (Phi) is 7.63. The highest BCUT2D eigenvalue weighted by atomic mass is 35.5. The number of hydrogen-bond donors (Lipinski definition) is 2. The van der Waals surface area contributed by atoms with E-state index in [2.05, 4.69) is 10.6 Å². The molecule has 6 heteroatoms. The standard InChI is InChI=1S/C27H27ClN2O3/c28-24-10-7-19(8-11-24)18-30-27(32)22-9-12-25-23(17-22)16-20-5-4-6-21(15-20)26(31)29-13-2-1-3-14-33-25/h4-12,15,17H,1-3,13-14,16,18H2,(H,29,31)(H,30,32). The zero-order valence-electron chi connectivity index (χ0n) is 18.4. The van der Waals surface area contributed by atoms with Crippen LogP contribution < -0.4 is 15.4 Å². The lowest BCUT2D eigenvalue weighted by Gasteiger charge is -2.15. The third-order valence-corrected chi connectivity index (χ3v) is 5.89. The first-order valence-corrected chi connectivity index (χ1v) is 11.6. The number of carbonyl (C=O) groups excluding carboxylic acids is 2. The van der Waals surface area contributed by atoms with Crippen LogP contribution in [0.5, 0.6) is 5.75 Å². The molecule has 4 rings (SSSR count). The van der Waals surface area contributed by atoms with Gasteiger partial charge in [-0.15, -0.1) is 0 Å². The molecule has 2 N–H and O–H groups in total. The van der Waals surface area contributed by atoms with Gasteiger partial charge in [-0.1, -0.05) is 35.9 Å². The first kappa shape index (κ1) is 22.9. The number of halogens is 1. The minimum Gasteiger partial charge on any atom is -0.493 e. The predicted molar refractivity (Wildman–Crippen MR) is 130 cm³/mol. The molecule has 1 aliphatic heterocycles. The van der Waals surface area contributed by atoms with Gasteiger partial charge in [0, 0.05) is 35.7 Å². The van der Waals surface area contributed by atoms with E-state index in [0.29, 0.717) is 42.3 Å². The molecule has 2 amide bonds. The highest BCUT2D eigenvalue weighted by Gasteiger charge is 2.13. The molecule has 3 aromatic carbocycles. The summed E-state index contributed by atoms with van der Waals surface area (Å²) >= 11 is 5.93. The fraction of sp³-hybridized carbons (Fsp3) is 0.259. The molecule has 5 nitrogen and oxygen atoms in total. The van der Waals surface area contributed by atoms with Crippen molar-refractivity contribution in [1.29, 1.82) is 0 Å². The number of ether oxygens (including phenoxy) is 1. The van der Waals surface area contributed by atoms with Gasteiger partial charge in [0.15, 0.2) is 0 Å². The molecule has 1 heterocycles. The first-order valence-electron chi connectivity index (χ1n) is 11.2. The molecule has 1 aliphatic rings. The molecule has 0 saturated carbocycles. The lowest BCUT2D eigenvalue weighted by atomic mass is 9.99. The van der Waals surface area contributed by atoms with Gasteiger partial charge >= 0.3 is 0 Å². The maximum atomic E-state index is 12.8. The number of carbonyl (C=O) groups is 2. The highest BCUT2D eigenvalue weighted by Crippen LogP contribution is 2.25. The molecule has 0 atom stereocenters. The Morgan fingerprint density at radius 1 is 1.00 bits per heavy atom. The average molecular weight is 463 g/mol. The zero-order chi connectivity index (χ0) is 23.0. The fourth-order valence-electron chi connectivity index (χ4n) is 3.82. The Labute approximate surface area is 199 Å². The number of hydrogen-bond acceptors (Lipinski definition) is 3. The van der Waals surface area contributed by atoms with E-state index in [-0.39, 0.29) is 11.8 Å². The summed E-state index contributed by atoms with van der Waals surface area (Å²) in [5.41, 5.74) is 4.10.